The summed E-state index contributed by atoms with van der Waals surface area (Å²) in [6.45, 7) is 3.64. The molecule has 0 fully saturated rings. The molecule has 0 aromatic carbocycles. The molecule has 0 saturated heterocycles. The average molecular weight is 253 g/mol. The van der Waals surface area contributed by atoms with Gasteiger partial charge >= 0.3 is 0 Å². The Morgan fingerprint density at radius 2 is 2.19 bits per heavy atom. The Morgan fingerprint density at radius 3 is 2.69 bits per heavy atom. The maximum Gasteiger partial charge on any atom is 0.180 e. The number of hydrogen-bond donors (Lipinski definition) is 1. The highest BCUT2D eigenvalue weighted by molar-refractivity contribution is 8.01. The quantitative estimate of drug-likeness (QED) is 0.910. The lowest BCUT2D eigenvalue weighted by Crippen LogP contribution is -1.91. The van der Waals surface area contributed by atoms with Crippen molar-refractivity contribution in [2.75, 3.05) is 0 Å². The van der Waals surface area contributed by atoms with Crippen LogP contribution in [0.3, 0.4) is 0 Å². The molecule has 4 nitrogen and oxygen atoms in total. The summed E-state index contributed by atoms with van der Waals surface area (Å²) in [4.78, 5) is 4.25. The van der Waals surface area contributed by atoms with Gasteiger partial charge in [0.15, 0.2) is 4.34 Å². The van der Waals surface area contributed by atoms with Crippen LogP contribution in [0, 0.1) is 6.92 Å². The van der Waals surface area contributed by atoms with E-state index in [1.165, 1.54) is 11.8 Å². The minimum absolute atomic E-state index is 0.477. The number of aryl methyl sites for hydroxylation is 1. The molecule has 0 bridgehead atoms. The van der Waals surface area contributed by atoms with E-state index < -0.39 is 6.10 Å². The van der Waals surface area contributed by atoms with E-state index in [0.29, 0.717) is 0 Å². The van der Waals surface area contributed by atoms with Gasteiger partial charge in [-0.3, -0.25) is 0 Å². The summed E-state index contributed by atoms with van der Waals surface area (Å²) in [6.07, 6.45) is 1.20. The normalized spacial score (nSPS) is 12.7. The van der Waals surface area contributed by atoms with Crippen molar-refractivity contribution < 1.29 is 5.11 Å². The van der Waals surface area contributed by atoms with E-state index in [1.54, 1.807) is 24.5 Å². The summed E-state index contributed by atoms with van der Waals surface area (Å²) in [6, 6.07) is 3.75. The SMILES string of the molecule is Cc1nnc(Sc2ccc(C(C)O)cn2)s1. The predicted octanol–water partition coefficient (Wildman–Crippen LogP) is 2.45. The largest absolute Gasteiger partial charge is 0.389 e. The number of nitrogens with zero attached hydrogens (tertiary/aromatic N) is 3. The fourth-order valence-corrected chi connectivity index (χ4v) is 2.81. The molecule has 1 atom stereocenters. The van der Waals surface area contributed by atoms with Crippen molar-refractivity contribution in [1.29, 1.82) is 0 Å². The molecule has 1 unspecified atom stereocenters. The second-order valence-corrected chi connectivity index (χ2v) is 5.74. The van der Waals surface area contributed by atoms with Crippen molar-refractivity contribution in [3.05, 3.63) is 28.9 Å². The van der Waals surface area contributed by atoms with Gasteiger partial charge in [-0.05, 0) is 37.2 Å². The molecule has 2 heterocycles. The summed E-state index contributed by atoms with van der Waals surface area (Å²) in [7, 11) is 0. The van der Waals surface area contributed by atoms with Crippen LogP contribution in [-0.4, -0.2) is 20.3 Å². The first-order chi connectivity index (χ1) is 7.65. The zero-order valence-corrected chi connectivity index (χ0v) is 10.5. The van der Waals surface area contributed by atoms with Crippen LogP contribution in [0.5, 0.6) is 0 Å². The van der Waals surface area contributed by atoms with Gasteiger partial charge in [-0.1, -0.05) is 17.4 Å². The number of rotatable bonds is 3. The summed E-state index contributed by atoms with van der Waals surface area (Å²) < 4.78 is 0.884. The summed E-state index contributed by atoms with van der Waals surface area (Å²) in [5.41, 5.74) is 0.817. The van der Waals surface area contributed by atoms with E-state index in [4.69, 9.17) is 0 Å². The summed E-state index contributed by atoms with van der Waals surface area (Å²) >= 11 is 3.03. The van der Waals surface area contributed by atoms with Gasteiger partial charge < -0.3 is 5.11 Å². The van der Waals surface area contributed by atoms with Crippen LogP contribution < -0.4 is 0 Å². The third kappa shape index (κ3) is 2.78. The highest BCUT2D eigenvalue weighted by Crippen LogP contribution is 2.28. The Hall–Kier alpha value is -0.980. The molecular weight excluding hydrogens is 242 g/mol. The van der Waals surface area contributed by atoms with Gasteiger partial charge in [-0.15, -0.1) is 10.2 Å². The molecular formula is C10H11N3OS2. The molecule has 2 rings (SSSR count). The first-order valence-electron chi connectivity index (χ1n) is 4.77. The number of pyridine rings is 1. The number of aliphatic hydroxyl groups excluding tert-OH is 1. The molecule has 2 aromatic rings. The number of aromatic nitrogens is 3. The molecule has 0 radical (unpaired) electrons. The molecule has 0 saturated carbocycles. The maximum atomic E-state index is 9.34. The summed E-state index contributed by atoms with van der Waals surface area (Å²) in [5, 5.41) is 19.1. The van der Waals surface area contributed by atoms with Crippen molar-refractivity contribution >= 4 is 23.1 Å². The maximum absolute atomic E-state index is 9.34. The van der Waals surface area contributed by atoms with Gasteiger partial charge in [-0.2, -0.15) is 0 Å². The van der Waals surface area contributed by atoms with E-state index >= 15 is 0 Å². The monoisotopic (exact) mass is 253 g/mol. The first kappa shape index (κ1) is 11.5. The van der Waals surface area contributed by atoms with Crippen LogP contribution >= 0.6 is 23.1 Å². The number of aliphatic hydroxyl groups is 1. The van der Waals surface area contributed by atoms with Gasteiger partial charge in [-0.25, -0.2) is 4.98 Å². The Morgan fingerprint density at radius 1 is 1.38 bits per heavy atom. The smallest absolute Gasteiger partial charge is 0.180 e. The topological polar surface area (TPSA) is 58.9 Å². The third-order valence-electron chi connectivity index (χ3n) is 1.94. The zero-order chi connectivity index (χ0) is 11.5. The van der Waals surface area contributed by atoms with Crippen LogP contribution in [0.15, 0.2) is 27.7 Å². The van der Waals surface area contributed by atoms with E-state index in [0.717, 1.165) is 19.9 Å². The number of hydrogen-bond acceptors (Lipinski definition) is 6. The summed E-state index contributed by atoms with van der Waals surface area (Å²) in [5.74, 6) is 0. The molecule has 2 aromatic heterocycles. The fraction of sp³-hybridized carbons (Fsp3) is 0.300. The van der Waals surface area contributed by atoms with E-state index in [-0.39, 0.29) is 0 Å². The second kappa shape index (κ2) is 4.90. The van der Waals surface area contributed by atoms with Crippen molar-refractivity contribution in [3.8, 4) is 0 Å². The Bertz CT molecular complexity index is 467. The average Bonchev–Trinajstić information content (AvgIpc) is 2.65. The zero-order valence-electron chi connectivity index (χ0n) is 8.91. The van der Waals surface area contributed by atoms with E-state index in [2.05, 4.69) is 15.2 Å². The van der Waals surface area contributed by atoms with Gasteiger partial charge in [0, 0.05) is 6.20 Å². The van der Waals surface area contributed by atoms with Crippen LogP contribution in [0.25, 0.3) is 0 Å². The highest BCUT2D eigenvalue weighted by Gasteiger charge is 2.05. The van der Waals surface area contributed by atoms with Crippen molar-refractivity contribution in [2.24, 2.45) is 0 Å². The second-order valence-electron chi connectivity index (χ2n) is 3.29. The molecule has 84 valence electrons. The lowest BCUT2D eigenvalue weighted by molar-refractivity contribution is 0.198. The minimum atomic E-state index is -0.477. The van der Waals surface area contributed by atoms with Crippen LogP contribution in [0.1, 0.15) is 23.6 Å². The lowest BCUT2D eigenvalue weighted by Gasteiger charge is -2.03. The van der Waals surface area contributed by atoms with Crippen LogP contribution in [-0.2, 0) is 0 Å². The van der Waals surface area contributed by atoms with Gasteiger partial charge in [0.1, 0.15) is 10.0 Å². The van der Waals surface area contributed by atoms with Gasteiger partial charge in [0.05, 0.1) is 6.10 Å². The molecule has 1 N–H and O–H groups in total. The first-order valence-corrected chi connectivity index (χ1v) is 6.40. The van der Waals surface area contributed by atoms with Crippen molar-refractivity contribution in [3.63, 3.8) is 0 Å². The van der Waals surface area contributed by atoms with Crippen LogP contribution in [0.4, 0.5) is 0 Å². The van der Waals surface area contributed by atoms with E-state index in [1.807, 2.05) is 19.1 Å². The molecule has 0 aliphatic rings. The van der Waals surface area contributed by atoms with Crippen LogP contribution in [0.2, 0.25) is 0 Å². The molecule has 0 aliphatic carbocycles. The Kier molecular flexibility index (Phi) is 3.52. The molecule has 0 amide bonds. The standard InChI is InChI=1S/C10H11N3OS2/c1-6(14)8-3-4-9(11-5-8)16-10-13-12-7(2)15-10/h3-6,14H,1-2H3. The fourth-order valence-electron chi connectivity index (χ4n) is 1.11. The molecule has 0 aliphatic heterocycles. The molecule has 6 heteroatoms. The van der Waals surface area contributed by atoms with Crippen molar-refractivity contribution in [2.45, 2.75) is 29.3 Å². The Balaban J connectivity index is 2.11. The van der Waals surface area contributed by atoms with Gasteiger partial charge in [0.25, 0.3) is 0 Å². The molecule has 0 spiro atoms. The molecule has 16 heavy (non-hydrogen) atoms. The minimum Gasteiger partial charge on any atom is -0.389 e. The predicted molar refractivity (Wildman–Crippen MR) is 63.6 cm³/mol. The van der Waals surface area contributed by atoms with E-state index in [9.17, 15) is 5.11 Å². The van der Waals surface area contributed by atoms with Gasteiger partial charge in [0.2, 0.25) is 0 Å². The van der Waals surface area contributed by atoms with Crippen molar-refractivity contribution in [1.82, 2.24) is 15.2 Å². The highest BCUT2D eigenvalue weighted by atomic mass is 32.2. The Labute approximate surface area is 102 Å². The lowest BCUT2D eigenvalue weighted by atomic mass is 10.2. The third-order valence-corrected chi connectivity index (χ3v) is 3.78.